The molecule has 0 spiro atoms. The van der Waals surface area contributed by atoms with Crippen molar-refractivity contribution in [1.82, 2.24) is 4.98 Å². The number of aryl methyl sites for hydroxylation is 1. The third-order valence-electron chi connectivity index (χ3n) is 2.06. The second-order valence-corrected chi connectivity index (χ2v) is 4.09. The Morgan fingerprint density at radius 3 is 2.93 bits per heavy atom. The molecular formula is C10H14BrN3O. The first-order valence-corrected chi connectivity index (χ1v) is 5.52. The Balaban J connectivity index is 2.73. The molecule has 0 bridgehead atoms. The number of anilines is 1. The van der Waals surface area contributed by atoms with E-state index < -0.39 is 6.04 Å². The first-order valence-electron chi connectivity index (χ1n) is 4.73. The molecule has 4 nitrogen and oxygen atoms in total. The second kappa shape index (κ2) is 5.23. The lowest BCUT2D eigenvalue weighted by molar-refractivity contribution is -0.117. The molecular weight excluding hydrogens is 258 g/mol. The summed E-state index contributed by atoms with van der Waals surface area (Å²) >= 11 is 3.29. The third-order valence-corrected chi connectivity index (χ3v) is 2.89. The number of nitrogens with one attached hydrogen (secondary N) is 1. The SMILES string of the molecule is CCC(N)C(=O)Nc1cnc(Br)c(C)c1. The Labute approximate surface area is 97.4 Å². The molecule has 0 aliphatic rings. The molecule has 0 radical (unpaired) electrons. The van der Waals surface area contributed by atoms with Crippen molar-refractivity contribution in [3.05, 3.63) is 22.4 Å². The number of hydrogen-bond donors (Lipinski definition) is 2. The van der Waals surface area contributed by atoms with Gasteiger partial charge in [-0.15, -0.1) is 0 Å². The van der Waals surface area contributed by atoms with Gasteiger partial charge in [-0.25, -0.2) is 4.98 Å². The predicted molar refractivity (Wildman–Crippen MR) is 63.6 cm³/mol. The molecule has 0 aliphatic carbocycles. The highest BCUT2D eigenvalue weighted by molar-refractivity contribution is 9.10. The van der Waals surface area contributed by atoms with Gasteiger partial charge in [0.25, 0.3) is 0 Å². The number of carbonyl (C=O) groups excluding carboxylic acids is 1. The van der Waals surface area contributed by atoms with Gasteiger partial charge in [0.1, 0.15) is 4.60 Å². The van der Waals surface area contributed by atoms with Gasteiger partial charge in [-0.1, -0.05) is 6.92 Å². The highest BCUT2D eigenvalue weighted by atomic mass is 79.9. The number of hydrogen-bond acceptors (Lipinski definition) is 3. The quantitative estimate of drug-likeness (QED) is 0.825. The van der Waals surface area contributed by atoms with Crippen LogP contribution in [0.15, 0.2) is 16.9 Å². The average Bonchev–Trinajstić information content (AvgIpc) is 2.22. The van der Waals surface area contributed by atoms with Crippen molar-refractivity contribution in [2.24, 2.45) is 5.73 Å². The number of rotatable bonds is 3. The first kappa shape index (κ1) is 12.1. The Hall–Kier alpha value is -0.940. The maximum absolute atomic E-state index is 11.5. The van der Waals surface area contributed by atoms with Gasteiger partial charge in [0.2, 0.25) is 5.91 Å². The van der Waals surface area contributed by atoms with Crippen LogP contribution in [-0.4, -0.2) is 16.9 Å². The van der Waals surface area contributed by atoms with E-state index in [-0.39, 0.29) is 5.91 Å². The average molecular weight is 272 g/mol. The molecule has 1 amide bonds. The Bertz CT molecular complexity index is 368. The van der Waals surface area contributed by atoms with Crippen molar-refractivity contribution in [1.29, 1.82) is 0 Å². The van der Waals surface area contributed by atoms with E-state index in [1.54, 1.807) is 6.20 Å². The minimum Gasteiger partial charge on any atom is -0.323 e. The van der Waals surface area contributed by atoms with E-state index in [4.69, 9.17) is 5.73 Å². The summed E-state index contributed by atoms with van der Waals surface area (Å²) in [6.45, 7) is 3.78. The second-order valence-electron chi connectivity index (χ2n) is 3.34. The van der Waals surface area contributed by atoms with Crippen molar-refractivity contribution in [2.75, 3.05) is 5.32 Å². The summed E-state index contributed by atoms with van der Waals surface area (Å²) in [4.78, 5) is 15.5. The summed E-state index contributed by atoms with van der Waals surface area (Å²) in [6, 6.07) is 1.38. The van der Waals surface area contributed by atoms with Gasteiger partial charge in [-0.05, 0) is 40.9 Å². The maximum Gasteiger partial charge on any atom is 0.241 e. The van der Waals surface area contributed by atoms with Crippen molar-refractivity contribution >= 4 is 27.5 Å². The van der Waals surface area contributed by atoms with Crippen LogP contribution in [-0.2, 0) is 4.79 Å². The van der Waals surface area contributed by atoms with E-state index >= 15 is 0 Å². The Morgan fingerprint density at radius 2 is 2.40 bits per heavy atom. The highest BCUT2D eigenvalue weighted by Gasteiger charge is 2.11. The van der Waals surface area contributed by atoms with Gasteiger partial charge in [-0.2, -0.15) is 0 Å². The fraction of sp³-hybridized carbons (Fsp3) is 0.400. The summed E-state index contributed by atoms with van der Waals surface area (Å²) < 4.78 is 0.778. The predicted octanol–water partition coefficient (Wildman–Crippen LogP) is 1.83. The normalized spacial score (nSPS) is 12.3. The van der Waals surface area contributed by atoms with Crippen LogP contribution in [0.5, 0.6) is 0 Å². The van der Waals surface area contributed by atoms with Gasteiger partial charge < -0.3 is 11.1 Å². The number of halogens is 1. The molecule has 1 heterocycles. The molecule has 3 N–H and O–H groups in total. The summed E-state index contributed by atoms with van der Waals surface area (Å²) in [7, 11) is 0. The molecule has 0 saturated heterocycles. The molecule has 0 aromatic carbocycles. The zero-order valence-electron chi connectivity index (χ0n) is 8.75. The first-order chi connectivity index (χ1) is 7.04. The molecule has 1 aromatic rings. The zero-order valence-corrected chi connectivity index (χ0v) is 10.3. The molecule has 15 heavy (non-hydrogen) atoms. The minimum absolute atomic E-state index is 0.180. The Kier molecular flexibility index (Phi) is 4.23. The standard InChI is InChI=1S/C10H14BrN3O/c1-3-8(12)10(15)14-7-4-6(2)9(11)13-5-7/h4-5,8H,3,12H2,1-2H3,(H,14,15). The van der Waals surface area contributed by atoms with Crippen molar-refractivity contribution in [3.63, 3.8) is 0 Å². The largest absolute Gasteiger partial charge is 0.323 e. The summed E-state index contributed by atoms with van der Waals surface area (Å²) in [5, 5.41) is 2.71. The van der Waals surface area contributed by atoms with E-state index in [0.717, 1.165) is 10.2 Å². The number of nitrogens with two attached hydrogens (primary N) is 1. The molecule has 5 heteroatoms. The smallest absolute Gasteiger partial charge is 0.241 e. The van der Waals surface area contributed by atoms with E-state index in [9.17, 15) is 4.79 Å². The maximum atomic E-state index is 11.5. The van der Waals surface area contributed by atoms with Crippen molar-refractivity contribution in [3.8, 4) is 0 Å². The van der Waals surface area contributed by atoms with Crippen LogP contribution >= 0.6 is 15.9 Å². The van der Waals surface area contributed by atoms with Gasteiger partial charge in [0, 0.05) is 0 Å². The summed E-state index contributed by atoms with van der Waals surface area (Å²) in [6.07, 6.45) is 2.21. The number of carbonyl (C=O) groups is 1. The molecule has 1 rings (SSSR count). The number of amides is 1. The fourth-order valence-electron chi connectivity index (χ4n) is 1.05. The zero-order chi connectivity index (χ0) is 11.4. The van der Waals surface area contributed by atoms with Crippen molar-refractivity contribution in [2.45, 2.75) is 26.3 Å². The van der Waals surface area contributed by atoms with Crippen LogP contribution in [0.2, 0.25) is 0 Å². The highest BCUT2D eigenvalue weighted by Crippen LogP contribution is 2.16. The lowest BCUT2D eigenvalue weighted by Gasteiger charge is -2.10. The van der Waals surface area contributed by atoms with Gasteiger partial charge >= 0.3 is 0 Å². The van der Waals surface area contributed by atoms with Gasteiger partial charge in [-0.3, -0.25) is 4.79 Å². The lowest BCUT2D eigenvalue weighted by atomic mass is 10.2. The molecule has 1 atom stereocenters. The molecule has 0 saturated carbocycles. The van der Waals surface area contributed by atoms with Crippen LogP contribution < -0.4 is 11.1 Å². The Morgan fingerprint density at radius 1 is 1.73 bits per heavy atom. The van der Waals surface area contributed by atoms with E-state index in [1.807, 2.05) is 19.9 Å². The lowest BCUT2D eigenvalue weighted by Crippen LogP contribution is -2.34. The van der Waals surface area contributed by atoms with Crippen molar-refractivity contribution < 1.29 is 4.79 Å². The van der Waals surface area contributed by atoms with Crippen LogP contribution in [0.1, 0.15) is 18.9 Å². The molecule has 0 fully saturated rings. The molecule has 0 aliphatic heterocycles. The van der Waals surface area contributed by atoms with Gasteiger partial charge in [0.05, 0.1) is 17.9 Å². The monoisotopic (exact) mass is 271 g/mol. The van der Waals surface area contributed by atoms with E-state index in [0.29, 0.717) is 12.1 Å². The van der Waals surface area contributed by atoms with Crippen LogP contribution in [0, 0.1) is 6.92 Å². The van der Waals surface area contributed by atoms with Crippen LogP contribution in [0.3, 0.4) is 0 Å². The number of pyridine rings is 1. The molecule has 82 valence electrons. The minimum atomic E-state index is -0.464. The summed E-state index contributed by atoms with van der Waals surface area (Å²) in [5.74, 6) is -0.180. The number of aromatic nitrogens is 1. The number of nitrogens with zero attached hydrogens (tertiary/aromatic N) is 1. The molecule has 1 unspecified atom stereocenters. The van der Waals surface area contributed by atoms with Crippen LogP contribution in [0.25, 0.3) is 0 Å². The van der Waals surface area contributed by atoms with E-state index in [2.05, 4.69) is 26.2 Å². The third kappa shape index (κ3) is 3.28. The van der Waals surface area contributed by atoms with Crippen LogP contribution in [0.4, 0.5) is 5.69 Å². The summed E-state index contributed by atoms with van der Waals surface area (Å²) in [5.41, 5.74) is 7.23. The fourth-order valence-corrected chi connectivity index (χ4v) is 1.26. The van der Waals surface area contributed by atoms with Gasteiger partial charge in [0.15, 0.2) is 0 Å². The molecule has 1 aromatic heterocycles. The topological polar surface area (TPSA) is 68.0 Å². The van der Waals surface area contributed by atoms with E-state index in [1.165, 1.54) is 0 Å².